The number of hydrogen-bond donors (Lipinski definition) is 3. The van der Waals surface area contributed by atoms with Crippen LogP contribution in [0.15, 0.2) is 46.8 Å². The van der Waals surface area contributed by atoms with E-state index in [9.17, 15) is 19.8 Å². The molecule has 5 rings (SSSR count). The molecular formula is C26H28N6O5S. The van der Waals surface area contributed by atoms with Crippen LogP contribution in [0, 0.1) is 12.8 Å². The maximum Gasteiger partial charge on any atom is 0.341 e. The summed E-state index contributed by atoms with van der Waals surface area (Å²) < 4.78 is 6.87. The summed E-state index contributed by atoms with van der Waals surface area (Å²) in [6.45, 7) is 6.59. The van der Waals surface area contributed by atoms with E-state index in [1.54, 1.807) is 23.8 Å². The molecule has 0 aliphatic carbocycles. The van der Waals surface area contributed by atoms with Crippen LogP contribution in [0.2, 0.25) is 0 Å². The van der Waals surface area contributed by atoms with E-state index in [1.165, 1.54) is 17.5 Å². The molecule has 1 unspecified atom stereocenters. The Morgan fingerprint density at radius 2 is 2.11 bits per heavy atom. The molecule has 198 valence electrons. The molecule has 11 nitrogen and oxygen atoms in total. The van der Waals surface area contributed by atoms with Gasteiger partial charge in [-0.1, -0.05) is 6.07 Å². The number of hydrogen-bond acceptors (Lipinski definition) is 10. The molecule has 1 atom stereocenters. The minimum atomic E-state index is -1.31. The zero-order chi connectivity index (χ0) is 26.8. The van der Waals surface area contributed by atoms with E-state index < -0.39 is 17.6 Å². The van der Waals surface area contributed by atoms with Crippen LogP contribution in [-0.2, 0) is 4.74 Å². The molecule has 12 heteroatoms. The highest BCUT2D eigenvalue weighted by atomic mass is 32.1. The third-order valence-electron chi connectivity index (χ3n) is 6.48. The van der Waals surface area contributed by atoms with Crippen molar-refractivity contribution in [2.75, 3.05) is 37.7 Å². The monoisotopic (exact) mass is 536 g/mol. The van der Waals surface area contributed by atoms with Crippen molar-refractivity contribution in [1.82, 2.24) is 24.8 Å². The molecule has 0 amide bonds. The van der Waals surface area contributed by atoms with Gasteiger partial charge in [-0.3, -0.25) is 19.7 Å². The summed E-state index contributed by atoms with van der Waals surface area (Å²) in [7, 11) is 0. The number of aliphatic hydroxyl groups excluding tert-OH is 1. The topological polar surface area (TPSA) is 143 Å². The second kappa shape index (κ2) is 11.0. The van der Waals surface area contributed by atoms with Crippen molar-refractivity contribution >= 4 is 34.2 Å². The van der Waals surface area contributed by atoms with Gasteiger partial charge >= 0.3 is 5.97 Å². The number of pyridine rings is 3. The first-order valence-electron chi connectivity index (χ1n) is 12.3. The lowest BCUT2D eigenvalue weighted by Gasteiger charge is -2.42. The summed E-state index contributed by atoms with van der Waals surface area (Å²) >= 11 is 1.31. The number of aromatic carboxylic acids is 1. The number of rotatable bonds is 10. The highest BCUT2D eigenvalue weighted by Gasteiger charge is 2.34. The van der Waals surface area contributed by atoms with Crippen molar-refractivity contribution in [3.8, 4) is 16.5 Å². The van der Waals surface area contributed by atoms with Crippen LogP contribution in [-0.4, -0.2) is 74.8 Å². The fourth-order valence-corrected chi connectivity index (χ4v) is 5.23. The molecule has 4 aromatic heterocycles. The average molecular weight is 537 g/mol. The van der Waals surface area contributed by atoms with Gasteiger partial charge in [0, 0.05) is 49.9 Å². The Hall–Kier alpha value is -3.71. The lowest BCUT2D eigenvalue weighted by molar-refractivity contribution is 0.0487. The first-order chi connectivity index (χ1) is 18.4. The number of thiazole rings is 1. The summed E-state index contributed by atoms with van der Waals surface area (Å²) in [6.07, 6.45) is 2.30. The lowest BCUT2D eigenvalue weighted by Crippen LogP contribution is -2.56. The second-order valence-electron chi connectivity index (χ2n) is 9.03. The fourth-order valence-electron chi connectivity index (χ4n) is 4.43. The summed E-state index contributed by atoms with van der Waals surface area (Å²) in [6, 6.07) is 7.30. The van der Waals surface area contributed by atoms with Crippen molar-refractivity contribution < 1.29 is 19.7 Å². The zero-order valence-electron chi connectivity index (χ0n) is 21.0. The van der Waals surface area contributed by atoms with Gasteiger partial charge in [-0.25, -0.2) is 14.8 Å². The van der Waals surface area contributed by atoms with Crippen LogP contribution in [0.3, 0.4) is 0 Å². The number of nitrogens with one attached hydrogen (secondary N) is 1. The average Bonchev–Trinajstić information content (AvgIpc) is 3.36. The smallest absolute Gasteiger partial charge is 0.341 e. The summed E-state index contributed by atoms with van der Waals surface area (Å²) in [4.78, 5) is 40.9. The Balaban J connectivity index is 1.49. The number of fused-ring (bicyclic) bond motifs is 1. The van der Waals surface area contributed by atoms with Gasteiger partial charge in [0.05, 0.1) is 17.7 Å². The van der Waals surface area contributed by atoms with E-state index in [2.05, 4.69) is 15.3 Å². The summed E-state index contributed by atoms with van der Waals surface area (Å²) in [5.41, 5.74) is 1.33. The van der Waals surface area contributed by atoms with E-state index in [1.807, 2.05) is 35.4 Å². The number of aliphatic hydroxyl groups is 1. The molecule has 1 aliphatic rings. The maximum atomic E-state index is 13.1. The molecule has 4 aromatic rings. The number of carboxylic acid groups (broad SMARTS) is 1. The van der Waals surface area contributed by atoms with Crippen molar-refractivity contribution in [3.05, 3.63) is 63.4 Å². The van der Waals surface area contributed by atoms with E-state index in [0.29, 0.717) is 66.4 Å². The van der Waals surface area contributed by atoms with Gasteiger partial charge in [-0.05, 0) is 37.6 Å². The third-order valence-corrected chi connectivity index (χ3v) is 7.32. The predicted molar refractivity (Wildman–Crippen MR) is 144 cm³/mol. The summed E-state index contributed by atoms with van der Waals surface area (Å²) in [5.74, 6) is -0.650. The standard InChI is InChI=1S/C26H28N6O5S/c1-3-37-9-8-28-24(34)16-11-31(12-16)20-10-15(2)21-22(33)17(25(35)36)13-32(23(21)30-20)26-29-19(14-38-26)18-6-4-5-7-27-18/h4-7,10,13-14,16,24,28,34H,3,8-9,11-12H2,1-2H3,(H,35,36). The van der Waals surface area contributed by atoms with Crippen molar-refractivity contribution in [3.63, 3.8) is 0 Å². The van der Waals surface area contributed by atoms with Crippen LogP contribution in [0.4, 0.5) is 5.82 Å². The molecule has 0 radical (unpaired) electrons. The van der Waals surface area contributed by atoms with Gasteiger partial charge in [0.15, 0.2) is 10.8 Å². The van der Waals surface area contributed by atoms with E-state index in [4.69, 9.17) is 9.72 Å². The minimum Gasteiger partial charge on any atom is -0.477 e. The van der Waals surface area contributed by atoms with Crippen molar-refractivity contribution in [2.24, 2.45) is 5.92 Å². The molecule has 38 heavy (non-hydrogen) atoms. The normalized spacial score (nSPS) is 14.6. The quantitative estimate of drug-likeness (QED) is 0.204. The number of aryl methyl sites for hydroxylation is 1. The van der Waals surface area contributed by atoms with Gasteiger partial charge in [-0.15, -0.1) is 11.3 Å². The van der Waals surface area contributed by atoms with Crippen LogP contribution in [0.25, 0.3) is 27.6 Å². The zero-order valence-corrected chi connectivity index (χ0v) is 21.8. The Labute approximate surface area is 222 Å². The van der Waals surface area contributed by atoms with E-state index in [-0.39, 0.29) is 16.9 Å². The molecule has 0 bridgehead atoms. The Morgan fingerprint density at radius 1 is 1.29 bits per heavy atom. The molecule has 0 aromatic carbocycles. The third kappa shape index (κ3) is 5.03. The van der Waals surface area contributed by atoms with E-state index in [0.717, 1.165) is 0 Å². The Bertz CT molecular complexity index is 1520. The first-order valence-corrected chi connectivity index (χ1v) is 13.2. The van der Waals surface area contributed by atoms with Crippen molar-refractivity contribution in [2.45, 2.75) is 20.1 Å². The SMILES string of the molecule is CCOCCNC(O)C1CN(c2cc(C)c3c(=O)c(C(=O)O)cn(-c4nc(-c5ccccn5)cs4)c3n2)C1. The number of carboxylic acids is 1. The predicted octanol–water partition coefficient (Wildman–Crippen LogP) is 2.29. The van der Waals surface area contributed by atoms with Crippen LogP contribution < -0.4 is 15.6 Å². The van der Waals surface area contributed by atoms with Crippen LogP contribution in [0.5, 0.6) is 0 Å². The molecular weight excluding hydrogens is 508 g/mol. The molecule has 0 saturated carbocycles. The van der Waals surface area contributed by atoms with Gasteiger partial charge < -0.3 is 19.8 Å². The number of anilines is 1. The molecule has 3 N–H and O–H groups in total. The molecule has 1 aliphatic heterocycles. The van der Waals surface area contributed by atoms with Gasteiger partial charge in [-0.2, -0.15) is 0 Å². The number of carbonyl (C=O) groups is 1. The summed E-state index contributed by atoms with van der Waals surface area (Å²) in [5, 5.41) is 25.8. The number of ether oxygens (including phenoxy) is 1. The first kappa shape index (κ1) is 25.9. The second-order valence-corrected chi connectivity index (χ2v) is 9.87. The number of aromatic nitrogens is 4. The highest BCUT2D eigenvalue weighted by molar-refractivity contribution is 7.12. The Kier molecular flexibility index (Phi) is 7.47. The molecule has 1 fully saturated rings. The molecule has 5 heterocycles. The fraction of sp³-hybridized carbons (Fsp3) is 0.346. The lowest BCUT2D eigenvalue weighted by atomic mass is 9.97. The van der Waals surface area contributed by atoms with Gasteiger partial charge in [0.2, 0.25) is 5.43 Å². The minimum absolute atomic E-state index is 0.0194. The maximum absolute atomic E-state index is 13.1. The largest absolute Gasteiger partial charge is 0.477 e. The van der Waals surface area contributed by atoms with E-state index >= 15 is 0 Å². The van der Waals surface area contributed by atoms with Crippen LogP contribution in [0.1, 0.15) is 22.8 Å². The highest BCUT2D eigenvalue weighted by Crippen LogP contribution is 2.30. The molecule has 1 saturated heterocycles. The Morgan fingerprint density at radius 3 is 2.82 bits per heavy atom. The molecule has 0 spiro atoms. The van der Waals surface area contributed by atoms with Crippen molar-refractivity contribution in [1.29, 1.82) is 0 Å². The van der Waals surface area contributed by atoms with Crippen LogP contribution >= 0.6 is 11.3 Å². The van der Waals surface area contributed by atoms with Gasteiger partial charge in [0.25, 0.3) is 0 Å². The number of nitrogens with zero attached hydrogens (tertiary/aromatic N) is 5. The van der Waals surface area contributed by atoms with Gasteiger partial charge in [0.1, 0.15) is 23.3 Å².